The molecule has 1 fully saturated rings. The molecule has 0 radical (unpaired) electrons. The molecule has 1 rings (SSSR count). The van der Waals surface area contributed by atoms with E-state index in [0.29, 0.717) is 0 Å². The highest BCUT2D eigenvalue weighted by Gasteiger charge is 2.17. The van der Waals surface area contributed by atoms with E-state index in [1.54, 1.807) is 7.05 Å². The Morgan fingerprint density at radius 3 is 2.56 bits per heavy atom. The van der Waals surface area contributed by atoms with Gasteiger partial charge in [0.25, 0.3) is 0 Å². The van der Waals surface area contributed by atoms with Crippen LogP contribution in [0.25, 0.3) is 0 Å². The summed E-state index contributed by atoms with van der Waals surface area (Å²) in [5, 5.41) is 0. The van der Waals surface area contributed by atoms with E-state index in [1.165, 1.54) is 12.8 Å². The van der Waals surface area contributed by atoms with Gasteiger partial charge in [-0.25, -0.2) is 4.99 Å². The average molecular weight is 221 g/mol. The zero-order valence-corrected chi connectivity index (χ0v) is 10.7. The molecule has 0 aromatic carbocycles. The van der Waals surface area contributed by atoms with E-state index in [1.807, 2.05) is 6.21 Å². The summed E-state index contributed by atoms with van der Waals surface area (Å²) in [5.41, 5.74) is 1.05. The predicted molar refractivity (Wildman–Crippen MR) is 71.3 cm³/mol. The first kappa shape index (κ1) is 12.9. The van der Waals surface area contributed by atoms with Crippen LogP contribution in [0.2, 0.25) is 0 Å². The molecule has 0 N–H and O–H groups in total. The Morgan fingerprint density at radius 2 is 2.06 bits per heavy atom. The maximum Gasteiger partial charge on any atom is 0.220 e. The van der Waals surface area contributed by atoms with E-state index >= 15 is 0 Å². The molecule has 1 aliphatic rings. The molecular formula is C13H23N3. The molecule has 0 aromatic rings. The molecule has 0 unspecified atom stereocenters. The lowest BCUT2D eigenvalue weighted by Gasteiger charge is -2.30. The summed E-state index contributed by atoms with van der Waals surface area (Å²) in [6.07, 6.45) is 5.25. The van der Waals surface area contributed by atoms with Gasteiger partial charge in [-0.1, -0.05) is 20.4 Å². The highest BCUT2D eigenvalue weighted by atomic mass is 15.3. The van der Waals surface area contributed by atoms with Crippen LogP contribution in [0.1, 0.15) is 33.1 Å². The fourth-order valence-corrected chi connectivity index (χ4v) is 1.73. The van der Waals surface area contributed by atoms with Crippen molar-refractivity contribution in [1.82, 2.24) is 4.90 Å². The second kappa shape index (κ2) is 6.46. The Hall–Kier alpha value is -1.12. The first-order valence-electron chi connectivity index (χ1n) is 6.11. The van der Waals surface area contributed by atoms with E-state index in [2.05, 4.69) is 35.3 Å². The molecule has 3 nitrogen and oxygen atoms in total. The Balaban J connectivity index is 2.55. The van der Waals surface area contributed by atoms with Crippen LogP contribution < -0.4 is 0 Å². The second-order valence-corrected chi connectivity index (χ2v) is 4.46. The van der Waals surface area contributed by atoms with Crippen molar-refractivity contribution in [2.75, 3.05) is 20.1 Å². The van der Waals surface area contributed by atoms with Crippen molar-refractivity contribution in [3.8, 4) is 0 Å². The lowest BCUT2D eigenvalue weighted by molar-refractivity contribution is 0.278. The van der Waals surface area contributed by atoms with Crippen molar-refractivity contribution in [3.63, 3.8) is 0 Å². The minimum atomic E-state index is 0.837. The van der Waals surface area contributed by atoms with Crippen molar-refractivity contribution in [2.45, 2.75) is 33.1 Å². The quantitative estimate of drug-likeness (QED) is 0.520. The molecule has 1 saturated heterocycles. The molecular weight excluding hydrogens is 198 g/mol. The number of guanidine groups is 1. The Labute approximate surface area is 99.0 Å². The normalized spacial score (nSPS) is 19.4. The van der Waals surface area contributed by atoms with Crippen molar-refractivity contribution in [3.05, 3.63) is 12.2 Å². The molecule has 3 heteroatoms. The van der Waals surface area contributed by atoms with Gasteiger partial charge in [-0.15, -0.1) is 0 Å². The van der Waals surface area contributed by atoms with Crippen LogP contribution in [-0.4, -0.2) is 37.2 Å². The third-order valence-corrected chi connectivity index (χ3v) is 3.08. The fourth-order valence-electron chi connectivity index (χ4n) is 1.73. The average Bonchev–Trinajstić information content (AvgIpc) is 2.31. The molecule has 0 aliphatic carbocycles. The van der Waals surface area contributed by atoms with Crippen LogP contribution in [0.5, 0.6) is 0 Å². The fraction of sp³-hybridized carbons (Fsp3) is 0.692. The first-order chi connectivity index (χ1) is 7.67. The minimum absolute atomic E-state index is 0.837. The number of rotatable bonds is 2. The van der Waals surface area contributed by atoms with E-state index in [-0.39, 0.29) is 0 Å². The first-order valence-corrected chi connectivity index (χ1v) is 6.11. The highest BCUT2D eigenvalue weighted by Crippen LogP contribution is 2.16. The zero-order chi connectivity index (χ0) is 12.0. The summed E-state index contributed by atoms with van der Waals surface area (Å²) in [6, 6.07) is 0. The maximum atomic E-state index is 4.41. The van der Waals surface area contributed by atoms with Crippen molar-refractivity contribution in [2.24, 2.45) is 15.9 Å². The lowest BCUT2D eigenvalue weighted by Crippen LogP contribution is -2.37. The second-order valence-electron chi connectivity index (χ2n) is 4.46. The monoisotopic (exact) mass is 221 g/mol. The molecule has 0 atom stereocenters. The van der Waals surface area contributed by atoms with Gasteiger partial charge in [0.15, 0.2) is 0 Å². The molecule has 0 amide bonds. The third-order valence-electron chi connectivity index (χ3n) is 3.08. The number of hydrogen-bond donors (Lipinski definition) is 0. The van der Waals surface area contributed by atoms with Crippen LogP contribution >= 0.6 is 0 Å². The summed E-state index contributed by atoms with van der Waals surface area (Å²) in [6.45, 7) is 10.5. The van der Waals surface area contributed by atoms with Crippen molar-refractivity contribution < 1.29 is 0 Å². The number of nitrogens with zero attached hydrogens (tertiary/aromatic N) is 3. The molecule has 16 heavy (non-hydrogen) atoms. The largest absolute Gasteiger partial charge is 0.341 e. The molecule has 90 valence electrons. The number of aliphatic imine (C=N–C) groups is 2. The maximum absolute atomic E-state index is 4.41. The van der Waals surface area contributed by atoms with E-state index < -0.39 is 0 Å². The van der Waals surface area contributed by atoms with E-state index in [0.717, 1.165) is 37.0 Å². The van der Waals surface area contributed by atoms with Crippen LogP contribution in [0.15, 0.2) is 22.1 Å². The van der Waals surface area contributed by atoms with Crippen molar-refractivity contribution >= 4 is 12.2 Å². The Kier molecular flexibility index (Phi) is 5.23. The van der Waals surface area contributed by atoms with Gasteiger partial charge in [-0.05, 0) is 30.8 Å². The molecule has 1 heterocycles. The molecule has 0 bridgehead atoms. The summed E-state index contributed by atoms with van der Waals surface area (Å²) in [4.78, 5) is 10.9. The number of likely N-dealkylation sites (tertiary alicyclic amines) is 1. The van der Waals surface area contributed by atoms with Gasteiger partial charge >= 0.3 is 0 Å². The van der Waals surface area contributed by atoms with E-state index in [9.17, 15) is 0 Å². The van der Waals surface area contributed by atoms with Crippen LogP contribution in [0.4, 0.5) is 0 Å². The highest BCUT2D eigenvalue weighted by molar-refractivity contribution is 5.92. The number of allylic oxidation sites excluding steroid dienone is 1. The van der Waals surface area contributed by atoms with E-state index in [4.69, 9.17) is 0 Å². The third kappa shape index (κ3) is 3.80. The van der Waals surface area contributed by atoms with Crippen LogP contribution in [0, 0.1) is 5.92 Å². The minimum Gasteiger partial charge on any atom is -0.341 e. The van der Waals surface area contributed by atoms with Gasteiger partial charge in [0.05, 0.1) is 0 Å². The summed E-state index contributed by atoms with van der Waals surface area (Å²) in [7, 11) is 1.80. The van der Waals surface area contributed by atoms with Gasteiger partial charge < -0.3 is 4.90 Å². The van der Waals surface area contributed by atoms with Gasteiger partial charge in [0.2, 0.25) is 5.96 Å². The topological polar surface area (TPSA) is 28.0 Å². The van der Waals surface area contributed by atoms with Gasteiger partial charge in [0.1, 0.15) is 0 Å². The predicted octanol–water partition coefficient (Wildman–Crippen LogP) is 2.74. The summed E-state index contributed by atoms with van der Waals surface area (Å²) >= 11 is 0. The number of piperidine rings is 1. The van der Waals surface area contributed by atoms with Gasteiger partial charge in [-0.2, -0.15) is 0 Å². The molecule has 0 aromatic heterocycles. The Bertz CT molecular complexity index is 284. The molecule has 0 saturated carbocycles. The van der Waals surface area contributed by atoms with Gasteiger partial charge in [-0.3, -0.25) is 4.99 Å². The SMILES string of the molecule is C=C(/C=N\C(=NC)N1CCC(C)CC1)CC. The lowest BCUT2D eigenvalue weighted by atomic mass is 10.00. The number of hydrogen-bond acceptors (Lipinski definition) is 1. The van der Waals surface area contributed by atoms with Gasteiger partial charge in [0, 0.05) is 26.4 Å². The smallest absolute Gasteiger partial charge is 0.220 e. The molecule has 1 aliphatic heterocycles. The van der Waals surface area contributed by atoms with Crippen LogP contribution in [0.3, 0.4) is 0 Å². The Morgan fingerprint density at radius 1 is 1.44 bits per heavy atom. The molecule has 0 spiro atoms. The van der Waals surface area contributed by atoms with Crippen LogP contribution in [-0.2, 0) is 0 Å². The zero-order valence-electron chi connectivity index (χ0n) is 10.7. The van der Waals surface area contributed by atoms with Crippen molar-refractivity contribution in [1.29, 1.82) is 0 Å². The summed E-state index contributed by atoms with van der Waals surface area (Å²) < 4.78 is 0. The summed E-state index contributed by atoms with van der Waals surface area (Å²) in [5.74, 6) is 1.69. The standard InChI is InChI=1S/C13H23N3/c1-5-11(2)10-15-13(14-4)16-8-6-12(3)7-9-16/h10,12H,2,5-9H2,1,3-4H3/b14-13?,15-10-.